The quantitative estimate of drug-likeness (QED) is 0.457. The number of hydrogen-bond acceptors (Lipinski definition) is 5. The van der Waals surface area contributed by atoms with Gasteiger partial charge in [0, 0.05) is 18.1 Å². The highest BCUT2D eigenvalue weighted by Crippen LogP contribution is 2.30. The van der Waals surface area contributed by atoms with Crippen LogP contribution in [0.25, 0.3) is 0 Å². The molecule has 0 saturated carbocycles. The van der Waals surface area contributed by atoms with E-state index in [-0.39, 0.29) is 24.1 Å². The number of carbonyl (C=O) groups excluding carboxylic acids is 2. The number of benzene rings is 2. The molecule has 0 aliphatic rings. The molecule has 0 aliphatic carbocycles. The van der Waals surface area contributed by atoms with Gasteiger partial charge in [0.2, 0.25) is 21.8 Å². The van der Waals surface area contributed by atoms with Crippen LogP contribution in [0, 0.1) is 5.92 Å². The van der Waals surface area contributed by atoms with Gasteiger partial charge in [-0.25, -0.2) is 8.42 Å². The molecule has 0 unspecified atom stereocenters. The lowest BCUT2D eigenvalue weighted by atomic mass is 10.1. The number of ether oxygens (including phenoxy) is 1. The summed E-state index contributed by atoms with van der Waals surface area (Å²) in [4.78, 5) is 27.8. The Morgan fingerprint density at radius 3 is 2.37 bits per heavy atom. The van der Waals surface area contributed by atoms with Crippen molar-refractivity contribution in [3.05, 3.63) is 59.1 Å². The van der Waals surface area contributed by atoms with Gasteiger partial charge in [0.1, 0.15) is 18.3 Å². The van der Waals surface area contributed by atoms with Gasteiger partial charge in [0.25, 0.3) is 0 Å². The average molecular weight is 524 g/mol. The number of amides is 2. The zero-order chi connectivity index (χ0) is 26.2. The molecule has 10 heteroatoms. The average Bonchev–Trinajstić information content (AvgIpc) is 2.79. The molecule has 192 valence electrons. The third-order valence-corrected chi connectivity index (χ3v) is 6.57. The lowest BCUT2D eigenvalue weighted by Gasteiger charge is -2.32. The second-order valence-corrected chi connectivity index (χ2v) is 11.0. The number of nitrogens with zero attached hydrogens (tertiary/aromatic N) is 2. The van der Waals surface area contributed by atoms with Crippen LogP contribution in [0.1, 0.15) is 33.3 Å². The second kappa shape index (κ2) is 12.8. The summed E-state index contributed by atoms with van der Waals surface area (Å²) < 4.78 is 32.1. The molecule has 0 fully saturated rings. The van der Waals surface area contributed by atoms with Gasteiger partial charge in [-0.2, -0.15) is 0 Å². The Kier molecular flexibility index (Phi) is 10.4. The third-order valence-electron chi connectivity index (χ3n) is 5.21. The molecule has 0 spiro atoms. The molecular weight excluding hydrogens is 490 g/mol. The minimum atomic E-state index is -3.85. The van der Waals surface area contributed by atoms with Gasteiger partial charge in [0.05, 0.1) is 18.6 Å². The van der Waals surface area contributed by atoms with Gasteiger partial charge < -0.3 is 15.0 Å². The van der Waals surface area contributed by atoms with Crippen molar-refractivity contribution in [1.82, 2.24) is 10.2 Å². The van der Waals surface area contributed by atoms with Crippen LogP contribution in [0.3, 0.4) is 0 Å². The summed E-state index contributed by atoms with van der Waals surface area (Å²) in [5, 5.41) is 3.34. The van der Waals surface area contributed by atoms with E-state index in [9.17, 15) is 18.0 Å². The van der Waals surface area contributed by atoms with E-state index in [1.54, 1.807) is 62.4 Å². The van der Waals surface area contributed by atoms with Gasteiger partial charge in [0.15, 0.2) is 0 Å². The normalized spacial score (nSPS) is 12.2. The van der Waals surface area contributed by atoms with Crippen molar-refractivity contribution < 1.29 is 22.7 Å². The summed E-state index contributed by atoms with van der Waals surface area (Å²) >= 11 is 6.12. The van der Waals surface area contributed by atoms with Crippen LogP contribution in [-0.2, 0) is 26.2 Å². The van der Waals surface area contributed by atoms with Crippen LogP contribution < -0.4 is 14.4 Å². The minimum absolute atomic E-state index is 0.0837. The van der Waals surface area contributed by atoms with Gasteiger partial charge in [-0.1, -0.05) is 49.7 Å². The maximum Gasteiger partial charge on any atom is 0.244 e. The molecule has 1 atom stereocenters. The minimum Gasteiger partial charge on any atom is -0.492 e. The van der Waals surface area contributed by atoms with E-state index in [0.29, 0.717) is 23.9 Å². The molecule has 0 saturated heterocycles. The molecule has 8 nitrogen and oxygen atoms in total. The monoisotopic (exact) mass is 523 g/mol. The number of para-hydroxylation sites is 2. The summed E-state index contributed by atoms with van der Waals surface area (Å²) in [5.41, 5.74) is 0.972. The van der Waals surface area contributed by atoms with Crippen LogP contribution >= 0.6 is 11.6 Å². The molecule has 2 amide bonds. The first-order valence-electron chi connectivity index (χ1n) is 11.4. The fourth-order valence-corrected chi connectivity index (χ4v) is 4.47. The van der Waals surface area contributed by atoms with E-state index in [1.807, 2.05) is 13.8 Å². The van der Waals surface area contributed by atoms with Crippen molar-refractivity contribution in [2.75, 3.05) is 30.3 Å². The smallest absolute Gasteiger partial charge is 0.244 e. The maximum absolute atomic E-state index is 13.6. The van der Waals surface area contributed by atoms with Crippen molar-refractivity contribution in [1.29, 1.82) is 0 Å². The van der Waals surface area contributed by atoms with Crippen molar-refractivity contribution in [3.63, 3.8) is 0 Å². The van der Waals surface area contributed by atoms with Crippen LogP contribution in [0.5, 0.6) is 5.75 Å². The predicted octanol–water partition coefficient (Wildman–Crippen LogP) is 3.69. The number of rotatable bonds is 12. The Labute approximate surface area is 213 Å². The summed E-state index contributed by atoms with van der Waals surface area (Å²) in [6, 6.07) is 12.8. The summed E-state index contributed by atoms with van der Waals surface area (Å²) in [6.07, 6.45) is 1.03. The molecule has 0 aromatic heterocycles. The Balaban J connectivity index is 2.41. The Morgan fingerprint density at radius 2 is 1.77 bits per heavy atom. The number of halogens is 1. The predicted molar refractivity (Wildman–Crippen MR) is 139 cm³/mol. The lowest BCUT2D eigenvalue weighted by Crippen LogP contribution is -2.51. The zero-order valence-electron chi connectivity index (χ0n) is 20.8. The zero-order valence-corrected chi connectivity index (χ0v) is 22.4. The Morgan fingerprint density at radius 1 is 1.09 bits per heavy atom. The molecule has 1 N–H and O–H groups in total. The van der Waals surface area contributed by atoms with Gasteiger partial charge in [-0.15, -0.1) is 0 Å². The summed E-state index contributed by atoms with van der Waals surface area (Å²) in [5.74, 6) is -0.278. The van der Waals surface area contributed by atoms with E-state index >= 15 is 0 Å². The number of sulfonamides is 1. The topological polar surface area (TPSA) is 96.0 Å². The van der Waals surface area contributed by atoms with Crippen molar-refractivity contribution in [3.8, 4) is 5.75 Å². The van der Waals surface area contributed by atoms with Crippen LogP contribution in [-0.4, -0.2) is 57.1 Å². The molecule has 0 heterocycles. The van der Waals surface area contributed by atoms with Gasteiger partial charge >= 0.3 is 0 Å². The van der Waals surface area contributed by atoms with Crippen LogP contribution in [0.15, 0.2) is 48.5 Å². The molecule has 0 bridgehead atoms. The van der Waals surface area contributed by atoms with Crippen molar-refractivity contribution in [2.45, 2.75) is 40.3 Å². The number of hydrogen-bond donors (Lipinski definition) is 1. The molecule has 2 aromatic rings. The van der Waals surface area contributed by atoms with E-state index in [4.69, 9.17) is 16.3 Å². The highest BCUT2D eigenvalue weighted by molar-refractivity contribution is 7.92. The second-order valence-electron chi connectivity index (χ2n) is 8.64. The summed E-state index contributed by atoms with van der Waals surface area (Å²) in [7, 11) is -3.85. The number of anilines is 1. The maximum atomic E-state index is 13.6. The fourth-order valence-electron chi connectivity index (χ4n) is 3.40. The third kappa shape index (κ3) is 8.43. The molecule has 2 rings (SSSR count). The van der Waals surface area contributed by atoms with Gasteiger partial charge in [-0.3, -0.25) is 13.9 Å². The first-order chi connectivity index (χ1) is 16.4. The number of carbonyl (C=O) groups is 2. The standard InChI is InChI=1S/C25H34ClN3O5S/c1-6-34-23-13-8-7-12-22(23)29(35(5,32)33)17-24(30)28(16-20-10-9-11-21(26)14-20)19(4)25(31)27-15-18(2)3/h7-14,18-19H,6,15-17H2,1-5H3,(H,27,31)/t19-/m0/s1. The molecule has 35 heavy (non-hydrogen) atoms. The highest BCUT2D eigenvalue weighted by atomic mass is 35.5. The fraction of sp³-hybridized carbons (Fsp3) is 0.440. The highest BCUT2D eigenvalue weighted by Gasteiger charge is 2.31. The van der Waals surface area contributed by atoms with Crippen LogP contribution in [0.2, 0.25) is 5.02 Å². The number of nitrogens with one attached hydrogen (secondary N) is 1. The Hall–Kier alpha value is -2.78. The first-order valence-corrected chi connectivity index (χ1v) is 13.7. The SMILES string of the molecule is CCOc1ccccc1N(CC(=O)N(Cc1cccc(Cl)c1)[C@@H](C)C(=O)NCC(C)C)S(C)(=O)=O. The molecule has 0 radical (unpaired) electrons. The molecular formula is C25H34ClN3O5S. The van der Waals surface area contributed by atoms with Crippen molar-refractivity contribution >= 4 is 39.1 Å². The summed E-state index contributed by atoms with van der Waals surface area (Å²) in [6.45, 7) is 7.73. The van der Waals surface area contributed by atoms with Gasteiger partial charge in [-0.05, 0) is 49.6 Å². The van der Waals surface area contributed by atoms with E-state index < -0.39 is 28.5 Å². The molecule has 0 aliphatic heterocycles. The van der Waals surface area contributed by atoms with E-state index in [0.717, 1.165) is 16.1 Å². The Bertz CT molecular complexity index is 1120. The van der Waals surface area contributed by atoms with E-state index in [2.05, 4.69) is 5.32 Å². The van der Waals surface area contributed by atoms with E-state index in [1.165, 1.54) is 4.90 Å². The largest absolute Gasteiger partial charge is 0.492 e. The first kappa shape index (κ1) is 28.5. The van der Waals surface area contributed by atoms with Crippen LogP contribution in [0.4, 0.5) is 5.69 Å². The molecule has 2 aromatic carbocycles. The van der Waals surface area contributed by atoms with Crippen molar-refractivity contribution in [2.24, 2.45) is 5.92 Å². The lowest BCUT2D eigenvalue weighted by molar-refractivity contribution is -0.139.